The standard InChI is InChI=1S/C7H17NOS.C2H6/c1-4-8(5-2)6-7(3)9-10;1-2/h7,10H,4-6H2,1-3H3;1-2H3/t7-;/m1./s1. The molecule has 0 bridgehead atoms. The summed E-state index contributed by atoms with van der Waals surface area (Å²) in [6.07, 6.45) is 0.225. The van der Waals surface area contributed by atoms with Crippen molar-refractivity contribution in [3.05, 3.63) is 0 Å². The van der Waals surface area contributed by atoms with Gasteiger partial charge in [0.1, 0.15) is 0 Å². The second kappa shape index (κ2) is 11.3. The summed E-state index contributed by atoms with van der Waals surface area (Å²) in [5.74, 6) is 0. The number of rotatable bonds is 5. The van der Waals surface area contributed by atoms with E-state index in [2.05, 4.69) is 31.7 Å². The van der Waals surface area contributed by atoms with E-state index in [1.807, 2.05) is 20.8 Å². The first-order chi connectivity index (χ1) is 5.74. The fourth-order valence-electron chi connectivity index (χ4n) is 0.879. The summed E-state index contributed by atoms with van der Waals surface area (Å²) < 4.78 is 4.84. The zero-order valence-corrected chi connectivity index (χ0v) is 9.90. The van der Waals surface area contributed by atoms with Crippen molar-refractivity contribution in [3.8, 4) is 0 Å². The van der Waals surface area contributed by atoms with Crippen molar-refractivity contribution >= 4 is 12.9 Å². The van der Waals surface area contributed by atoms with Gasteiger partial charge < -0.3 is 9.08 Å². The van der Waals surface area contributed by atoms with E-state index in [1.165, 1.54) is 0 Å². The third kappa shape index (κ3) is 8.37. The van der Waals surface area contributed by atoms with E-state index in [0.29, 0.717) is 0 Å². The van der Waals surface area contributed by atoms with E-state index in [0.717, 1.165) is 19.6 Å². The average molecular weight is 193 g/mol. The van der Waals surface area contributed by atoms with Crippen molar-refractivity contribution in [2.45, 2.75) is 40.7 Å². The Morgan fingerprint density at radius 1 is 1.25 bits per heavy atom. The van der Waals surface area contributed by atoms with Gasteiger partial charge in [0.15, 0.2) is 0 Å². The van der Waals surface area contributed by atoms with Crippen LogP contribution < -0.4 is 0 Å². The molecule has 0 aromatic rings. The highest BCUT2D eigenvalue weighted by Gasteiger charge is 2.04. The molecule has 0 unspecified atom stereocenters. The molecule has 0 aliphatic rings. The molecule has 0 fully saturated rings. The van der Waals surface area contributed by atoms with Crippen molar-refractivity contribution in [3.63, 3.8) is 0 Å². The summed E-state index contributed by atoms with van der Waals surface area (Å²) >= 11 is 3.74. The predicted octanol–water partition coefficient (Wildman–Crippen LogP) is 2.60. The van der Waals surface area contributed by atoms with Crippen LogP contribution in [0.3, 0.4) is 0 Å². The van der Waals surface area contributed by atoms with E-state index in [4.69, 9.17) is 4.18 Å². The Kier molecular flexibility index (Phi) is 13.9. The smallest absolute Gasteiger partial charge is 0.0817 e. The van der Waals surface area contributed by atoms with Crippen molar-refractivity contribution in [2.75, 3.05) is 19.6 Å². The van der Waals surface area contributed by atoms with E-state index in [1.54, 1.807) is 0 Å². The molecular formula is C9H23NOS. The molecule has 0 N–H and O–H groups in total. The lowest BCUT2D eigenvalue weighted by Gasteiger charge is -2.20. The lowest BCUT2D eigenvalue weighted by atomic mass is 10.3. The van der Waals surface area contributed by atoms with Crippen LogP contribution in [0.1, 0.15) is 34.6 Å². The molecule has 0 radical (unpaired) electrons. The molecular weight excluding hydrogens is 170 g/mol. The van der Waals surface area contributed by atoms with Gasteiger partial charge in [-0.05, 0) is 32.9 Å². The topological polar surface area (TPSA) is 12.5 Å². The van der Waals surface area contributed by atoms with Crippen LogP contribution in [0.2, 0.25) is 0 Å². The van der Waals surface area contributed by atoms with Gasteiger partial charge in [-0.3, -0.25) is 0 Å². The van der Waals surface area contributed by atoms with Gasteiger partial charge in [0, 0.05) is 6.54 Å². The molecule has 0 amide bonds. The summed E-state index contributed by atoms with van der Waals surface area (Å²) in [5, 5.41) is 0. The summed E-state index contributed by atoms with van der Waals surface area (Å²) in [7, 11) is 0. The summed E-state index contributed by atoms with van der Waals surface area (Å²) in [6.45, 7) is 13.4. The van der Waals surface area contributed by atoms with Crippen LogP contribution in [0.5, 0.6) is 0 Å². The van der Waals surface area contributed by atoms with Crippen LogP contribution >= 0.6 is 12.9 Å². The van der Waals surface area contributed by atoms with Crippen LogP contribution in [0.15, 0.2) is 0 Å². The van der Waals surface area contributed by atoms with Gasteiger partial charge in [-0.15, -0.1) is 0 Å². The van der Waals surface area contributed by atoms with Gasteiger partial charge >= 0.3 is 0 Å². The van der Waals surface area contributed by atoms with Crippen LogP contribution in [-0.2, 0) is 4.18 Å². The fraction of sp³-hybridized carbons (Fsp3) is 1.00. The Morgan fingerprint density at radius 2 is 1.67 bits per heavy atom. The third-order valence-corrected chi connectivity index (χ3v) is 1.95. The van der Waals surface area contributed by atoms with E-state index in [9.17, 15) is 0 Å². The maximum Gasteiger partial charge on any atom is 0.0817 e. The lowest BCUT2D eigenvalue weighted by molar-refractivity contribution is 0.178. The second-order valence-electron chi connectivity index (χ2n) is 2.40. The monoisotopic (exact) mass is 193 g/mol. The van der Waals surface area contributed by atoms with Crippen LogP contribution in [0.4, 0.5) is 0 Å². The zero-order valence-electron chi connectivity index (χ0n) is 9.00. The quantitative estimate of drug-likeness (QED) is 0.532. The second-order valence-corrected chi connectivity index (χ2v) is 2.61. The van der Waals surface area contributed by atoms with Gasteiger partial charge in [-0.25, -0.2) is 0 Å². The maximum absolute atomic E-state index is 4.84. The van der Waals surface area contributed by atoms with Crippen molar-refractivity contribution in [1.82, 2.24) is 4.90 Å². The van der Waals surface area contributed by atoms with Gasteiger partial charge in [-0.2, -0.15) is 0 Å². The molecule has 0 aromatic heterocycles. The molecule has 0 aliphatic heterocycles. The number of hydrogen-bond donors (Lipinski definition) is 1. The number of likely N-dealkylation sites (N-methyl/N-ethyl adjacent to an activating group) is 1. The molecule has 0 heterocycles. The summed E-state index contributed by atoms with van der Waals surface area (Å²) in [4.78, 5) is 2.31. The van der Waals surface area contributed by atoms with Gasteiger partial charge in [0.05, 0.1) is 6.10 Å². The third-order valence-electron chi connectivity index (χ3n) is 1.59. The SMILES string of the molecule is CC.CCN(CC)C[C@@H](C)OS. The van der Waals surface area contributed by atoms with Crippen LogP contribution in [0, 0.1) is 0 Å². The average Bonchev–Trinajstić information content (AvgIpc) is 2.16. The fourth-order valence-corrected chi connectivity index (χ4v) is 0.945. The molecule has 3 heteroatoms. The summed E-state index contributed by atoms with van der Waals surface area (Å²) in [5.41, 5.74) is 0. The minimum Gasteiger partial charge on any atom is -0.314 e. The van der Waals surface area contributed by atoms with E-state index in [-0.39, 0.29) is 6.10 Å². The first-order valence-electron chi connectivity index (χ1n) is 4.77. The van der Waals surface area contributed by atoms with Crippen molar-refractivity contribution in [1.29, 1.82) is 0 Å². The Bertz CT molecular complexity index is 76.9. The molecule has 76 valence electrons. The normalized spacial score (nSPS) is 12.2. The molecule has 0 saturated carbocycles. The highest BCUT2D eigenvalue weighted by Crippen LogP contribution is 1.97. The molecule has 2 nitrogen and oxygen atoms in total. The van der Waals surface area contributed by atoms with E-state index < -0.39 is 0 Å². The van der Waals surface area contributed by atoms with Gasteiger partial charge in [0.2, 0.25) is 0 Å². The minimum atomic E-state index is 0.225. The Morgan fingerprint density at radius 3 is 1.92 bits per heavy atom. The molecule has 12 heavy (non-hydrogen) atoms. The Balaban J connectivity index is 0. The Hall–Kier alpha value is 0.270. The molecule has 0 saturated heterocycles. The Labute approximate surface area is 82.9 Å². The molecule has 1 atom stereocenters. The lowest BCUT2D eigenvalue weighted by Crippen LogP contribution is -2.30. The molecule has 0 aromatic carbocycles. The first-order valence-corrected chi connectivity index (χ1v) is 5.13. The molecule has 0 aliphatic carbocycles. The summed E-state index contributed by atoms with van der Waals surface area (Å²) in [6, 6.07) is 0. The van der Waals surface area contributed by atoms with Crippen molar-refractivity contribution < 1.29 is 4.18 Å². The maximum atomic E-state index is 4.84. The number of nitrogens with zero attached hydrogens (tertiary/aromatic N) is 1. The predicted molar refractivity (Wildman–Crippen MR) is 58.7 cm³/mol. The van der Waals surface area contributed by atoms with Gasteiger partial charge in [0.25, 0.3) is 0 Å². The van der Waals surface area contributed by atoms with E-state index >= 15 is 0 Å². The highest BCUT2D eigenvalue weighted by molar-refractivity contribution is 7.75. The highest BCUT2D eigenvalue weighted by atomic mass is 32.1. The number of hydrogen-bond acceptors (Lipinski definition) is 3. The van der Waals surface area contributed by atoms with Crippen LogP contribution in [-0.4, -0.2) is 30.6 Å². The van der Waals surface area contributed by atoms with Gasteiger partial charge in [-0.1, -0.05) is 27.7 Å². The zero-order chi connectivity index (χ0) is 9.98. The largest absolute Gasteiger partial charge is 0.314 e. The molecule has 0 spiro atoms. The minimum absolute atomic E-state index is 0.225. The van der Waals surface area contributed by atoms with Crippen molar-refractivity contribution in [2.24, 2.45) is 0 Å². The molecule has 0 rings (SSSR count). The first kappa shape index (κ1) is 14.8. The van der Waals surface area contributed by atoms with Crippen LogP contribution in [0.25, 0.3) is 0 Å². The number of thiol groups is 1.